The van der Waals surface area contributed by atoms with Gasteiger partial charge in [-0.1, -0.05) is 31.2 Å². The maximum Gasteiger partial charge on any atom is 0.150 e. The zero-order valence-corrected chi connectivity index (χ0v) is 11.9. The van der Waals surface area contributed by atoms with Crippen LogP contribution in [0.5, 0.6) is 0 Å². The summed E-state index contributed by atoms with van der Waals surface area (Å²) in [5.41, 5.74) is 2.27. The number of aryl methyl sites for hydroxylation is 1. The molecule has 0 bridgehead atoms. The van der Waals surface area contributed by atoms with E-state index in [1.54, 1.807) is 6.92 Å². The van der Waals surface area contributed by atoms with Crippen LogP contribution in [0.15, 0.2) is 24.3 Å². The average molecular weight is 270 g/mol. The highest BCUT2D eigenvalue weighted by molar-refractivity contribution is 7.91. The van der Waals surface area contributed by atoms with Crippen molar-refractivity contribution >= 4 is 9.84 Å². The molecule has 0 radical (unpaired) electrons. The molecule has 0 fully saturated rings. The minimum absolute atomic E-state index is 0.0401. The second-order valence-corrected chi connectivity index (χ2v) is 7.09. The van der Waals surface area contributed by atoms with E-state index >= 15 is 0 Å². The standard InChI is InChI=1S/C14H22O3S/c1-3-18(16,17)10-6-8-13(11-15)14-9-5-4-7-12(14)2/h4-5,7,9,13,15H,3,6,8,10-11H2,1-2H3. The molecule has 1 unspecified atom stereocenters. The van der Waals surface area contributed by atoms with E-state index in [-0.39, 0.29) is 24.0 Å². The molecule has 0 aliphatic heterocycles. The summed E-state index contributed by atoms with van der Waals surface area (Å²) in [4.78, 5) is 0. The quantitative estimate of drug-likeness (QED) is 0.827. The fourth-order valence-corrected chi connectivity index (χ4v) is 2.98. The molecule has 0 aromatic heterocycles. The molecule has 18 heavy (non-hydrogen) atoms. The van der Waals surface area contributed by atoms with Gasteiger partial charge in [-0.15, -0.1) is 0 Å². The predicted molar refractivity (Wildman–Crippen MR) is 74.6 cm³/mol. The van der Waals surface area contributed by atoms with E-state index in [0.29, 0.717) is 12.8 Å². The Morgan fingerprint density at radius 1 is 1.28 bits per heavy atom. The summed E-state index contributed by atoms with van der Waals surface area (Å²) in [5.74, 6) is 0.450. The zero-order valence-electron chi connectivity index (χ0n) is 11.1. The van der Waals surface area contributed by atoms with Crippen LogP contribution in [0.4, 0.5) is 0 Å². The van der Waals surface area contributed by atoms with Gasteiger partial charge in [0.25, 0.3) is 0 Å². The molecule has 1 N–H and O–H groups in total. The molecule has 102 valence electrons. The Bertz CT molecular complexity index is 466. The third kappa shape index (κ3) is 4.42. The summed E-state index contributed by atoms with van der Waals surface area (Å²) in [6.45, 7) is 3.75. The zero-order chi connectivity index (χ0) is 13.6. The molecule has 1 atom stereocenters. The third-order valence-corrected chi connectivity index (χ3v) is 5.09. The van der Waals surface area contributed by atoms with Gasteiger partial charge in [-0.2, -0.15) is 0 Å². The number of hydrogen-bond acceptors (Lipinski definition) is 3. The number of rotatable bonds is 7. The van der Waals surface area contributed by atoms with E-state index < -0.39 is 9.84 Å². The lowest BCUT2D eigenvalue weighted by Gasteiger charge is -2.16. The van der Waals surface area contributed by atoms with Gasteiger partial charge in [-0.25, -0.2) is 8.42 Å². The number of sulfone groups is 1. The Labute approximate surface area is 110 Å². The normalized spacial score (nSPS) is 13.5. The Morgan fingerprint density at radius 3 is 2.50 bits per heavy atom. The van der Waals surface area contributed by atoms with Crippen LogP contribution in [-0.2, 0) is 9.84 Å². The molecule has 0 heterocycles. The summed E-state index contributed by atoms with van der Waals surface area (Å²) < 4.78 is 22.8. The molecule has 0 saturated carbocycles. The van der Waals surface area contributed by atoms with Crippen LogP contribution in [0.2, 0.25) is 0 Å². The molecule has 0 saturated heterocycles. The van der Waals surface area contributed by atoms with Gasteiger partial charge in [0.1, 0.15) is 9.84 Å². The highest BCUT2D eigenvalue weighted by Crippen LogP contribution is 2.24. The molecule has 3 nitrogen and oxygen atoms in total. The Hall–Kier alpha value is -0.870. The van der Waals surface area contributed by atoms with E-state index in [0.717, 1.165) is 11.1 Å². The van der Waals surface area contributed by atoms with Gasteiger partial charge in [0, 0.05) is 18.3 Å². The second kappa shape index (κ2) is 6.90. The van der Waals surface area contributed by atoms with E-state index in [4.69, 9.17) is 0 Å². The van der Waals surface area contributed by atoms with Crippen molar-refractivity contribution < 1.29 is 13.5 Å². The summed E-state index contributed by atoms with van der Waals surface area (Å²) >= 11 is 0. The first-order valence-corrected chi connectivity index (χ1v) is 8.19. The highest BCUT2D eigenvalue weighted by atomic mass is 32.2. The maximum absolute atomic E-state index is 11.4. The molecule has 1 aromatic carbocycles. The van der Waals surface area contributed by atoms with Crippen molar-refractivity contribution in [2.24, 2.45) is 0 Å². The molecule has 0 spiro atoms. The second-order valence-electron chi connectivity index (χ2n) is 4.61. The molecule has 0 amide bonds. The monoisotopic (exact) mass is 270 g/mol. The smallest absolute Gasteiger partial charge is 0.150 e. The van der Waals surface area contributed by atoms with Crippen molar-refractivity contribution in [3.05, 3.63) is 35.4 Å². The molecule has 0 aliphatic rings. The number of benzene rings is 1. The molecular weight excluding hydrogens is 248 g/mol. The van der Waals surface area contributed by atoms with Crippen LogP contribution < -0.4 is 0 Å². The molecule has 1 rings (SSSR count). The lowest BCUT2D eigenvalue weighted by atomic mass is 9.92. The number of aliphatic hydroxyl groups is 1. The largest absolute Gasteiger partial charge is 0.396 e. The Morgan fingerprint density at radius 2 is 1.94 bits per heavy atom. The van der Waals surface area contributed by atoms with Crippen LogP contribution in [0.25, 0.3) is 0 Å². The number of aliphatic hydroxyl groups excluding tert-OH is 1. The van der Waals surface area contributed by atoms with E-state index in [1.165, 1.54) is 0 Å². The van der Waals surface area contributed by atoms with Gasteiger partial charge in [0.15, 0.2) is 0 Å². The van der Waals surface area contributed by atoms with Crippen LogP contribution in [0, 0.1) is 6.92 Å². The van der Waals surface area contributed by atoms with Crippen LogP contribution in [0.3, 0.4) is 0 Å². The van der Waals surface area contributed by atoms with Gasteiger partial charge in [-0.3, -0.25) is 0 Å². The van der Waals surface area contributed by atoms with E-state index in [1.807, 2.05) is 31.2 Å². The molecular formula is C14H22O3S. The van der Waals surface area contributed by atoms with Gasteiger partial charge in [0.05, 0.1) is 5.75 Å². The van der Waals surface area contributed by atoms with Gasteiger partial charge in [0.2, 0.25) is 0 Å². The summed E-state index contributed by atoms with van der Waals surface area (Å²) in [5, 5.41) is 9.44. The average Bonchev–Trinajstić information content (AvgIpc) is 2.36. The van der Waals surface area contributed by atoms with E-state index in [9.17, 15) is 13.5 Å². The molecule has 4 heteroatoms. The molecule has 1 aromatic rings. The van der Waals surface area contributed by atoms with Gasteiger partial charge in [-0.05, 0) is 30.9 Å². The third-order valence-electron chi connectivity index (χ3n) is 3.30. The van der Waals surface area contributed by atoms with Crippen molar-refractivity contribution in [3.63, 3.8) is 0 Å². The van der Waals surface area contributed by atoms with Crippen molar-refractivity contribution in [1.82, 2.24) is 0 Å². The van der Waals surface area contributed by atoms with Crippen LogP contribution >= 0.6 is 0 Å². The first-order chi connectivity index (χ1) is 8.50. The fourth-order valence-electron chi connectivity index (χ4n) is 2.08. The van der Waals surface area contributed by atoms with Gasteiger partial charge < -0.3 is 5.11 Å². The van der Waals surface area contributed by atoms with Crippen molar-refractivity contribution in [2.75, 3.05) is 18.1 Å². The summed E-state index contributed by atoms with van der Waals surface area (Å²) in [6, 6.07) is 7.94. The summed E-state index contributed by atoms with van der Waals surface area (Å²) in [6.07, 6.45) is 1.32. The lowest BCUT2D eigenvalue weighted by molar-refractivity contribution is 0.258. The van der Waals surface area contributed by atoms with E-state index in [2.05, 4.69) is 0 Å². The topological polar surface area (TPSA) is 54.4 Å². The SMILES string of the molecule is CCS(=O)(=O)CCCC(CO)c1ccccc1C. The minimum Gasteiger partial charge on any atom is -0.396 e. The van der Waals surface area contributed by atoms with Crippen molar-refractivity contribution in [3.8, 4) is 0 Å². The Balaban J connectivity index is 2.61. The van der Waals surface area contributed by atoms with Crippen LogP contribution in [0.1, 0.15) is 36.8 Å². The van der Waals surface area contributed by atoms with Crippen molar-refractivity contribution in [2.45, 2.75) is 32.6 Å². The van der Waals surface area contributed by atoms with Crippen LogP contribution in [-0.4, -0.2) is 31.6 Å². The lowest BCUT2D eigenvalue weighted by Crippen LogP contribution is -2.12. The molecule has 0 aliphatic carbocycles. The van der Waals surface area contributed by atoms with Gasteiger partial charge >= 0.3 is 0 Å². The summed E-state index contributed by atoms with van der Waals surface area (Å²) in [7, 11) is -2.90. The number of hydrogen-bond donors (Lipinski definition) is 1. The predicted octanol–water partition coefficient (Wildman–Crippen LogP) is 2.29. The fraction of sp³-hybridized carbons (Fsp3) is 0.571. The first-order valence-electron chi connectivity index (χ1n) is 6.37. The first kappa shape index (κ1) is 15.2. The maximum atomic E-state index is 11.4. The highest BCUT2D eigenvalue weighted by Gasteiger charge is 2.14. The van der Waals surface area contributed by atoms with Crippen molar-refractivity contribution in [1.29, 1.82) is 0 Å². The minimum atomic E-state index is -2.90. The Kier molecular flexibility index (Phi) is 5.82.